The van der Waals surface area contributed by atoms with E-state index in [1.165, 1.54) is 0 Å². The highest BCUT2D eigenvalue weighted by atomic mass is 127. The lowest BCUT2D eigenvalue weighted by Crippen LogP contribution is -2.44. The molecular formula is C19H29IN6O. The van der Waals surface area contributed by atoms with E-state index < -0.39 is 0 Å². The first kappa shape index (κ1) is 21.5. The van der Waals surface area contributed by atoms with E-state index in [2.05, 4.69) is 51.0 Å². The molecule has 1 saturated heterocycles. The number of aromatic nitrogens is 2. The van der Waals surface area contributed by atoms with Gasteiger partial charge in [-0.2, -0.15) is 5.10 Å². The van der Waals surface area contributed by atoms with Crippen molar-refractivity contribution in [2.24, 2.45) is 4.99 Å². The van der Waals surface area contributed by atoms with E-state index in [1.807, 2.05) is 18.3 Å². The van der Waals surface area contributed by atoms with Crippen molar-refractivity contribution in [1.29, 1.82) is 0 Å². The number of fused-ring (bicyclic) bond motifs is 1. The Morgan fingerprint density at radius 3 is 2.81 bits per heavy atom. The van der Waals surface area contributed by atoms with E-state index in [0.717, 1.165) is 36.4 Å². The molecule has 1 fully saturated rings. The molecule has 0 saturated carbocycles. The molecule has 1 amide bonds. The molecule has 2 heterocycles. The molecule has 0 aliphatic carbocycles. The van der Waals surface area contributed by atoms with E-state index >= 15 is 0 Å². The molecule has 0 bridgehead atoms. The van der Waals surface area contributed by atoms with Gasteiger partial charge in [-0.15, -0.1) is 24.0 Å². The van der Waals surface area contributed by atoms with Crippen molar-refractivity contribution in [3.05, 3.63) is 30.5 Å². The monoisotopic (exact) mass is 484 g/mol. The molecule has 3 rings (SSSR count). The van der Waals surface area contributed by atoms with Crippen LogP contribution in [0.5, 0.6) is 0 Å². The molecule has 1 aromatic carbocycles. The number of likely N-dealkylation sites (N-methyl/N-ethyl adjacent to an activating group) is 1. The van der Waals surface area contributed by atoms with Crippen molar-refractivity contribution in [2.75, 3.05) is 33.7 Å². The first-order valence-corrected chi connectivity index (χ1v) is 9.14. The molecule has 2 aromatic rings. The summed E-state index contributed by atoms with van der Waals surface area (Å²) in [5, 5.41) is 9.16. The zero-order valence-electron chi connectivity index (χ0n) is 16.4. The zero-order chi connectivity index (χ0) is 18.7. The fraction of sp³-hybridized carbons (Fsp3) is 0.526. The molecule has 148 valence electrons. The van der Waals surface area contributed by atoms with Crippen molar-refractivity contribution < 1.29 is 4.79 Å². The largest absolute Gasteiger partial charge is 0.354 e. The number of halogens is 1. The predicted molar refractivity (Wildman–Crippen MR) is 120 cm³/mol. The Hall–Kier alpha value is -1.84. The summed E-state index contributed by atoms with van der Waals surface area (Å²) in [6.45, 7) is 6.05. The Bertz CT molecular complexity index is 800. The highest BCUT2D eigenvalue weighted by molar-refractivity contribution is 14.0. The standard InChI is InChI=1S/C19H28N6O.HI/c1-14(2)22-19(20-12-18(26)23(3)4)24-10-9-16(13-24)25-17-8-6-5-7-15(17)11-21-25;/h5-8,11,14,16H,9-10,12-13H2,1-4H3,(H,20,22);1H. The maximum absolute atomic E-state index is 11.9. The molecule has 1 atom stereocenters. The topological polar surface area (TPSA) is 65.8 Å². The second kappa shape index (κ2) is 9.38. The quantitative estimate of drug-likeness (QED) is 0.411. The Kier molecular flexibility index (Phi) is 7.46. The fourth-order valence-electron chi connectivity index (χ4n) is 3.20. The van der Waals surface area contributed by atoms with Crippen LogP contribution in [-0.2, 0) is 4.79 Å². The smallest absolute Gasteiger partial charge is 0.243 e. The number of hydrogen-bond acceptors (Lipinski definition) is 3. The highest BCUT2D eigenvalue weighted by Gasteiger charge is 2.28. The number of carbonyl (C=O) groups is 1. The second-order valence-corrected chi connectivity index (χ2v) is 7.26. The van der Waals surface area contributed by atoms with E-state index in [1.54, 1.807) is 19.0 Å². The van der Waals surface area contributed by atoms with Crippen LogP contribution in [0.15, 0.2) is 35.5 Å². The molecule has 1 aliphatic heterocycles. The number of amides is 1. The zero-order valence-corrected chi connectivity index (χ0v) is 18.8. The highest BCUT2D eigenvalue weighted by Crippen LogP contribution is 2.25. The van der Waals surface area contributed by atoms with Crippen LogP contribution in [0.25, 0.3) is 10.9 Å². The first-order chi connectivity index (χ1) is 12.5. The van der Waals surface area contributed by atoms with Crippen LogP contribution >= 0.6 is 24.0 Å². The van der Waals surface area contributed by atoms with Crippen LogP contribution in [0.1, 0.15) is 26.3 Å². The molecular weight excluding hydrogens is 455 g/mol. The van der Waals surface area contributed by atoms with Gasteiger partial charge in [0.15, 0.2) is 5.96 Å². The fourth-order valence-corrected chi connectivity index (χ4v) is 3.20. The number of carbonyl (C=O) groups excluding carboxylic acids is 1. The SMILES string of the molecule is CC(C)NC(=NCC(=O)N(C)C)N1CCC(n2ncc3ccccc32)C1.I. The molecule has 1 N–H and O–H groups in total. The number of hydrogen-bond donors (Lipinski definition) is 1. The third-order valence-corrected chi connectivity index (χ3v) is 4.59. The molecule has 1 aromatic heterocycles. The van der Waals surface area contributed by atoms with Gasteiger partial charge in [-0.05, 0) is 26.3 Å². The Labute approximate surface area is 177 Å². The van der Waals surface area contributed by atoms with Crippen LogP contribution < -0.4 is 5.32 Å². The number of benzene rings is 1. The lowest BCUT2D eigenvalue weighted by molar-refractivity contribution is -0.127. The van der Waals surface area contributed by atoms with Gasteiger partial charge in [-0.25, -0.2) is 4.99 Å². The number of nitrogens with one attached hydrogen (secondary N) is 1. The van der Waals surface area contributed by atoms with Crippen molar-refractivity contribution in [3.63, 3.8) is 0 Å². The van der Waals surface area contributed by atoms with Crippen molar-refractivity contribution in [1.82, 2.24) is 24.9 Å². The summed E-state index contributed by atoms with van der Waals surface area (Å²) in [4.78, 5) is 20.3. The van der Waals surface area contributed by atoms with Gasteiger partial charge in [0.1, 0.15) is 6.54 Å². The van der Waals surface area contributed by atoms with Gasteiger partial charge in [0.2, 0.25) is 5.91 Å². The summed E-state index contributed by atoms with van der Waals surface area (Å²) in [7, 11) is 3.50. The number of likely N-dealkylation sites (tertiary alicyclic amines) is 1. The molecule has 7 nitrogen and oxygen atoms in total. The van der Waals surface area contributed by atoms with E-state index in [0.29, 0.717) is 6.04 Å². The van der Waals surface area contributed by atoms with Crippen molar-refractivity contribution >= 4 is 46.7 Å². The van der Waals surface area contributed by atoms with E-state index in [-0.39, 0.29) is 42.5 Å². The van der Waals surface area contributed by atoms with Crippen LogP contribution in [0.4, 0.5) is 0 Å². The first-order valence-electron chi connectivity index (χ1n) is 9.14. The average Bonchev–Trinajstić information content (AvgIpc) is 3.24. The number of guanidine groups is 1. The number of para-hydroxylation sites is 1. The second-order valence-electron chi connectivity index (χ2n) is 7.26. The van der Waals surface area contributed by atoms with Gasteiger partial charge in [-0.3, -0.25) is 9.48 Å². The van der Waals surface area contributed by atoms with E-state index in [4.69, 9.17) is 0 Å². The van der Waals surface area contributed by atoms with Gasteiger partial charge in [0.05, 0.1) is 17.8 Å². The normalized spacial score (nSPS) is 17.3. The lowest BCUT2D eigenvalue weighted by Gasteiger charge is -2.24. The van der Waals surface area contributed by atoms with Gasteiger partial charge in [-0.1, -0.05) is 18.2 Å². The molecule has 1 aliphatic rings. The minimum absolute atomic E-state index is 0. The van der Waals surface area contributed by atoms with Gasteiger partial charge in [0.25, 0.3) is 0 Å². The minimum atomic E-state index is 0. The summed E-state index contributed by atoms with van der Waals surface area (Å²) in [5.41, 5.74) is 1.16. The molecule has 27 heavy (non-hydrogen) atoms. The summed E-state index contributed by atoms with van der Waals surface area (Å²) in [6.07, 6.45) is 2.93. The number of aliphatic imine (C=N–C) groups is 1. The minimum Gasteiger partial charge on any atom is -0.354 e. The van der Waals surface area contributed by atoms with Crippen molar-refractivity contribution in [2.45, 2.75) is 32.4 Å². The molecule has 0 spiro atoms. The Morgan fingerprint density at radius 1 is 1.37 bits per heavy atom. The maximum Gasteiger partial charge on any atom is 0.243 e. The summed E-state index contributed by atoms with van der Waals surface area (Å²) in [6, 6.07) is 8.85. The van der Waals surface area contributed by atoms with Crippen LogP contribution in [0.3, 0.4) is 0 Å². The van der Waals surface area contributed by atoms with Gasteiger partial charge in [0, 0.05) is 38.6 Å². The average molecular weight is 484 g/mol. The summed E-state index contributed by atoms with van der Waals surface area (Å²) in [5.74, 6) is 0.802. The van der Waals surface area contributed by atoms with Gasteiger partial charge >= 0.3 is 0 Å². The molecule has 8 heteroatoms. The maximum atomic E-state index is 11.9. The Balaban J connectivity index is 0.00000261. The Morgan fingerprint density at radius 2 is 2.11 bits per heavy atom. The van der Waals surface area contributed by atoms with Gasteiger partial charge < -0.3 is 15.1 Å². The molecule has 0 radical (unpaired) electrons. The van der Waals surface area contributed by atoms with Crippen LogP contribution in [-0.4, -0.2) is 71.2 Å². The third-order valence-electron chi connectivity index (χ3n) is 4.59. The molecule has 1 unspecified atom stereocenters. The number of nitrogens with zero attached hydrogens (tertiary/aromatic N) is 5. The third kappa shape index (κ3) is 5.12. The van der Waals surface area contributed by atoms with E-state index in [9.17, 15) is 4.79 Å². The summed E-state index contributed by atoms with van der Waals surface area (Å²) < 4.78 is 2.12. The lowest BCUT2D eigenvalue weighted by atomic mass is 10.2. The number of rotatable bonds is 4. The van der Waals surface area contributed by atoms with Crippen LogP contribution in [0, 0.1) is 0 Å². The van der Waals surface area contributed by atoms with Crippen LogP contribution in [0.2, 0.25) is 0 Å². The summed E-state index contributed by atoms with van der Waals surface area (Å²) >= 11 is 0. The predicted octanol–water partition coefficient (Wildman–Crippen LogP) is 2.34. The van der Waals surface area contributed by atoms with Crippen molar-refractivity contribution in [3.8, 4) is 0 Å².